The van der Waals surface area contributed by atoms with Crippen LogP contribution in [0.3, 0.4) is 0 Å². The highest BCUT2D eigenvalue weighted by Gasteiger charge is 2.36. The fraction of sp³-hybridized carbons (Fsp3) is 0.600. The Bertz CT molecular complexity index is 466. The largest absolute Gasteiger partial charge is 0.417 e. The molecule has 2 heteroatoms. The Morgan fingerprint density at radius 1 is 1.00 bits per heavy atom. The van der Waals surface area contributed by atoms with Crippen LogP contribution in [0.15, 0.2) is 42.5 Å². The molecule has 0 heterocycles. The number of hydrogen-bond donors (Lipinski definition) is 0. The molecule has 1 rings (SSSR count). The fourth-order valence-electron chi connectivity index (χ4n) is 2.18. The molecule has 0 atom stereocenters. The lowest BCUT2D eigenvalue weighted by molar-refractivity contribution is 0.294. The molecule has 0 saturated heterocycles. The van der Waals surface area contributed by atoms with Crippen molar-refractivity contribution in [2.75, 3.05) is 6.61 Å². The summed E-state index contributed by atoms with van der Waals surface area (Å²) in [7, 11) is -1.60. The molecule has 0 spiro atoms. The van der Waals surface area contributed by atoms with E-state index < -0.39 is 8.32 Å². The van der Waals surface area contributed by atoms with Gasteiger partial charge in [-0.25, -0.2) is 0 Å². The van der Waals surface area contributed by atoms with Crippen molar-refractivity contribution in [3.05, 3.63) is 48.0 Å². The number of allylic oxidation sites excluding steroid dienone is 1. The average Bonchev–Trinajstić information content (AvgIpc) is 2.37. The SMILES string of the molecule is CC(C)(/C=C/CCO[Si](C)(C)C(C)(C)C)Cc1ccccc1. The molecule has 0 bridgehead atoms. The summed E-state index contributed by atoms with van der Waals surface area (Å²) < 4.78 is 6.21. The Morgan fingerprint density at radius 3 is 2.14 bits per heavy atom. The van der Waals surface area contributed by atoms with Crippen LogP contribution in [-0.2, 0) is 10.8 Å². The lowest BCUT2D eigenvalue weighted by Gasteiger charge is -2.36. The van der Waals surface area contributed by atoms with E-state index in [9.17, 15) is 0 Å². The number of hydrogen-bond acceptors (Lipinski definition) is 1. The zero-order chi connectivity index (χ0) is 16.9. The van der Waals surface area contributed by atoms with E-state index in [1.165, 1.54) is 5.56 Å². The van der Waals surface area contributed by atoms with Crippen molar-refractivity contribution in [2.24, 2.45) is 5.41 Å². The van der Waals surface area contributed by atoms with E-state index in [1.54, 1.807) is 0 Å². The van der Waals surface area contributed by atoms with E-state index in [0.717, 1.165) is 19.4 Å². The van der Waals surface area contributed by atoms with Crippen molar-refractivity contribution in [3.63, 3.8) is 0 Å². The van der Waals surface area contributed by atoms with E-state index >= 15 is 0 Å². The molecule has 124 valence electrons. The Balaban J connectivity index is 2.42. The normalized spacial score (nSPS) is 13.8. The monoisotopic (exact) mass is 318 g/mol. The van der Waals surface area contributed by atoms with Gasteiger partial charge in [-0.1, -0.05) is 77.1 Å². The first-order valence-corrected chi connectivity index (χ1v) is 11.3. The van der Waals surface area contributed by atoms with Gasteiger partial charge in [0.05, 0.1) is 0 Å². The van der Waals surface area contributed by atoms with E-state index in [1.807, 2.05) is 0 Å². The first kappa shape index (κ1) is 19.2. The topological polar surface area (TPSA) is 9.23 Å². The van der Waals surface area contributed by atoms with Crippen LogP contribution in [0, 0.1) is 5.41 Å². The Labute approximate surface area is 138 Å². The van der Waals surface area contributed by atoms with Crippen LogP contribution in [0.2, 0.25) is 18.1 Å². The van der Waals surface area contributed by atoms with Crippen LogP contribution in [-0.4, -0.2) is 14.9 Å². The van der Waals surface area contributed by atoms with Gasteiger partial charge in [-0.15, -0.1) is 0 Å². The van der Waals surface area contributed by atoms with Gasteiger partial charge in [0.1, 0.15) is 0 Å². The van der Waals surface area contributed by atoms with Crippen molar-refractivity contribution in [3.8, 4) is 0 Å². The molecule has 0 aliphatic carbocycles. The van der Waals surface area contributed by atoms with Gasteiger partial charge >= 0.3 is 0 Å². The minimum Gasteiger partial charge on any atom is -0.417 e. The van der Waals surface area contributed by atoms with E-state index in [-0.39, 0.29) is 5.41 Å². The van der Waals surface area contributed by atoms with Gasteiger partial charge in [-0.3, -0.25) is 0 Å². The highest BCUT2D eigenvalue weighted by molar-refractivity contribution is 6.74. The van der Waals surface area contributed by atoms with Crippen LogP contribution >= 0.6 is 0 Å². The summed E-state index contributed by atoms with van der Waals surface area (Å²) in [6, 6.07) is 10.7. The van der Waals surface area contributed by atoms with E-state index in [2.05, 4.69) is 90.2 Å². The molecular weight excluding hydrogens is 284 g/mol. The molecule has 22 heavy (non-hydrogen) atoms. The summed E-state index contributed by atoms with van der Waals surface area (Å²) in [4.78, 5) is 0. The van der Waals surface area contributed by atoms with Crippen molar-refractivity contribution in [2.45, 2.75) is 65.6 Å². The Hall–Kier alpha value is -0.863. The predicted molar refractivity (Wildman–Crippen MR) is 101 cm³/mol. The van der Waals surface area contributed by atoms with E-state index in [4.69, 9.17) is 4.43 Å². The van der Waals surface area contributed by atoms with Crippen LogP contribution in [0.5, 0.6) is 0 Å². The molecule has 0 unspecified atom stereocenters. The molecule has 1 nitrogen and oxygen atoms in total. The Morgan fingerprint density at radius 2 is 1.59 bits per heavy atom. The van der Waals surface area contributed by atoms with Gasteiger partial charge in [0.25, 0.3) is 0 Å². The van der Waals surface area contributed by atoms with Crippen molar-refractivity contribution in [1.29, 1.82) is 0 Å². The smallest absolute Gasteiger partial charge is 0.191 e. The van der Waals surface area contributed by atoms with Gasteiger partial charge < -0.3 is 4.43 Å². The average molecular weight is 319 g/mol. The lowest BCUT2D eigenvalue weighted by Crippen LogP contribution is -2.40. The molecule has 0 aliphatic rings. The zero-order valence-corrected chi connectivity index (χ0v) is 16.6. The van der Waals surface area contributed by atoms with Gasteiger partial charge in [0.15, 0.2) is 8.32 Å². The molecule has 0 N–H and O–H groups in total. The molecule has 1 aromatic rings. The summed E-state index contributed by atoms with van der Waals surface area (Å²) in [5.41, 5.74) is 1.59. The molecule has 0 aromatic heterocycles. The second-order valence-electron chi connectivity index (χ2n) is 8.45. The Kier molecular flexibility index (Phi) is 6.63. The number of rotatable bonds is 7. The first-order valence-electron chi connectivity index (χ1n) is 8.39. The third-order valence-corrected chi connectivity index (χ3v) is 9.16. The highest BCUT2D eigenvalue weighted by Crippen LogP contribution is 2.36. The minimum absolute atomic E-state index is 0.193. The maximum Gasteiger partial charge on any atom is 0.191 e. The number of benzene rings is 1. The molecule has 0 amide bonds. The molecule has 0 aliphatic heterocycles. The molecule has 0 fully saturated rings. The van der Waals surface area contributed by atoms with Crippen molar-refractivity contribution >= 4 is 8.32 Å². The standard InChI is InChI=1S/C20H34OSi/c1-19(2,3)22(6,7)21-16-12-11-15-20(4,5)17-18-13-9-8-10-14-18/h8-11,13-15H,12,16-17H2,1-7H3/b15-11+. The third-order valence-electron chi connectivity index (χ3n) is 4.63. The van der Waals surface area contributed by atoms with Crippen LogP contribution in [0.4, 0.5) is 0 Å². The van der Waals surface area contributed by atoms with Crippen LogP contribution in [0.25, 0.3) is 0 Å². The van der Waals surface area contributed by atoms with Gasteiger partial charge in [-0.2, -0.15) is 0 Å². The fourth-order valence-corrected chi connectivity index (χ4v) is 3.24. The second-order valence-corrected chi connectivity index (χ2v) is 13.3. The highest BCUT2D eigenvalue weighted by atomic mass is 28.4. The minimum atomic E-state index is -1.60. The maximum absolute atomic E-state index is 6.21. The lowest BCUT2D eigenvalue weighted by atomic mass is 9.85. The molecule has 1 aromatic carbocycles. The maximum atomic E-state index is 6.21. The van der Waals surface area contributed by atoms with Gasteiger partial charge in [0, 0.05) is 6.61 Å². The first-order chi connectivity index (χ1) is 10.0. The second kappa shape index (κ2) is 7.61. The third kappa shape index (κ3) is 6.49. The van der Waals surface area contributed by atoms with Crippen molar-refractivity contribution in [1.82, 2.24) is 0 Å². The van der Waals surface area contributed by atoms with Gasteiger partial charge in [0.2, 0.25) is 0 Å². The summed E-state index contributed by atoms with van der Waals surface area (Å²) in [6.07, 6.45) is 6.71. The van der Waals surface area contributed by atoms with Crippen LogP contribution in [0.1, 0.15) is 46.6 Å². The molecular formula is C20H34OSi. The predicted octanol–water partition coefficient (Wildman–Crippen LogP) is 6.22. The molecule has 0 radical (unpaired) electrons. The van der Waals surface area contributed by atoms with Crippen LogP contribution < -0.4 is 0 Å². The van der Waals surface area contributed by atoms with E-state index in [0.29, 0.717) is 5.04 Å². The van der Waals surface area contributed by atoms with Gasteiger partial charge in [-0.05, 0) is 42.0 Å². The molecule has 0 saturated carbocycles. The zero-order valence-electron chi connectivity index (χ0n) is 15.6. The summed E-state index contributed by atoms with van der Waals surface area (Å²) in [5, 5.41) is 0.295. The summed E-state index contributed by atoms with van der Waals surface area (Å²) in [6.45, 7) is 16.9. The summed E-state index contributed by atoms with van der Waals surface area (Å²) >= 11 is 0. The summed E-state index contributed by atoms with van der Waals surface area (Å²) in [5.74, 6) is 0. The quantitative estimate of drug-likeness (QED) is 0.329. The van der Waals surface area contributed by atoms with Crippen molar-refractivity contribution < 1.29 is 4.43 Å².